The summed E-state index contributed by atoms with van der Waals surface area (Å²) in [4.78, 5) is 34.9. The number of halogens is 7. The quantitative estimate of drug-likeness (QED) is 0.0901. The topological polar surface area (TPSA) is 190 Å². The van der Waals surface area contributed by atoms with Gasteiger partial charge in [0.1, 0.15) is 33.8 Å². The van der Waals surface area contributed by atoms with Gasteiger partial charge >= 0.3 is 5.70 Å². The first-order valence-electron chi connectivity index (χ1n) is 13.6. The minimum absolute atomic E-state index is 0.0585. The van der Waals surface area contributed by atoms with Crippen molar-refractivity contribution in [1.82, 2.24) is 19.9 Å². The van der Waals surface area contributed by atoms with E-state index in [0.717, 1.165) is 6.92 Å². The maximum atomic E-state index is 14.7. The molecule has 13 nitrogen and oxygen atoms in total. The molecule has 0 bridgehead atoms. The molecule has 2 aliphatic heterocycles. The molecule has 7 rings (SSSR count). The molecule has 0 aliphatic carbocycles. The Kier molecular flexibility index (Phi) is 7.17. The van der Waals surface area contributed by atoms with E-state index in [1.54, 1.807) is 12.1 Å². The van der Waals surface area contributed by atoms with Crippen LogP contribution in [0, 0.1) is 88.2 Å². The summed E-state index contributed by atoms with van der Waals surface area (Å²) in [6.45, 7) is 8.25. The lowest BCUT2D eigenvalue weighted by molar-refractivity contribution is 0.410. The Bertz CT molecular complexity index is 2910. The predicted molar refractivity (Wildman–Crippen MR) is 150 cm³/mol. The first-order chi connectivity index (χ1) is 24.4. The van der Waals surface area contributed by atoms with E-state index < -0.39 is 109 Å². The summed E-state index contributed by atoms with van der Waals surface area (Å²) in [5.74, 6) is -17.2. The van der Waals surface area contributed by atoms with E-state index in [1.807, 2.05) is 6.07 Å². The van der Waals surface area contributed by atoms with Gasteiger partial charge in [0.15, 0.2) is 63.5 Å². The molecule has 0 amide bonds. The first kappa shape index (κ1) is 31.9. The van der Waals surface area contributed by atoms with Crippen LogP contribution in [0.2, 0.25) is 0 Å². The number of oxazole rings is 1. The van der Waals surface area contributed by atoms with Crippen molar-refractivity contribution >= 4 is 16.7 Å². The SMILES string of the molecule is [C-]#[N+]/C(C#N)=C1\N=c2ccc(-c3nc(/C(C#N)=C4/N=c5c(C)c(F)c(F)c(F)c5=N4)nc(-c4nc5c(F)c(F)c(F)c(F)c5o4)n3)c(C#N)c2=N1. The van der Waals surface area contributed by atoms with Crippen molar-refractivity contribution < 1.29 is 35.2 Å². The minimum atomic E-state index is -2.21. The Hall–Kier alpha value is -7.71. The van der Waals surface area contributed by atoms with Gasteiger partial charge in [-0.3, -0.25) is 0 Å². The van der Waals surface area contributed by atoms with Crippen LogP contribution in [-0.4, -0.2) is 19.9 Å². The summed E-state index contributed by atoms with van der Waals surface area (Å²) in [7, 11) is 0. The van der Waals surface area contributed by atoms with Crippen LogP contribution in [0.5, 0.6) is 0 Å². The Balaban J connectivity index is 1.54. The maximum Gasteiger partial charge on any atom is 0.305 e. The fourth-order valence-corrected chi connectivity index (χ4v) is 4.91. The lowest BCUT2D eigenvalue weighted by atomic mass is 10.1. The summed E-state index contributed by atoms with van der Waals surface area (Å²) in [5.41, 5.74) is -4.41. The molecule has 4 heterocycles. The highest BCUT2D eigenvalue weighted by molar-refractivity contribution is 5.79. The molecule has 0 saturated carbocycles. The number of fused-ring (bicyclic) bond motifs is 3. The van der Waals surface area contributed by atoms with Crippen molar-refractivity contribution in [2.75, 3.05) is 0 Å². The van der Waals surface area contributed by atoms with Gasteiger partial charge in [-0.15, -0.1) is 0 Å². The molecule has 2 aromatic heterocycles. The second kappa shape index (κ2) is 11.5. The highest BCUT2D eigenvalue weighted by Crippen LogP contribution is 2.32. The van der Waals surface area contributed by atoms with Gasteiger partial charge in [-0.05, 0) is 19.1 Å². The molecule has 5 aromatic rings. The zero-order chi connectivity index (χ0) is 36.5. The molecule has 51 heavy (non-hydrogen) atoms. The Morgan fingerprint density at radius 2 is 1.37 bits per heavy atom. The average Bonchev–Trinajstić information content (AvgIpc) is 3.89. The van der Waals surface area contributed by atoms with Gasteiger partial charge < -0.3 is 4.42 Å². The third kappa shape index (κ3) is 4.67. The van der Waals surface area contributed by atoms with Crippen LogP contribution in [0.3, 0.4) is 0 Å². The smallest absolute Gasteiger partial charge is 0.305 e. The molecule has 244 valence electrons. The van der Waals surface area contributed by atoms with Crippen LogP contribution >= 0.6 is 0 Å². The number of allylic oxidation sites excluding steroid dienone is 2. The number of aromatic nitrogens is 4. The van der Waals surface area contributed by atoms with Crippen molar-refractivity contribution in [1.29, 1.82) is 15.8 Å². The molecule has 0 radical (unpaired) electrons. The molecule has 0 atom stereocenters. The van der Waals surface area contributed by atoms with Crippen LogP contribution in [0.25, 0.3) is 44.6 Å². The van der Waals surface area contributed by atoms with Crippen LogP contribution in [0.1, 0.15) is 17.0 Å². The summed E-state index contributed by atoms with van der Waals surface area (Å²) >= 11 is 0. The normalized spacial score (nSPS) is 14.5. The van der Waals surface area contributed by atoms with Gasteiger partial charge in [0.05, 0.1) is 23.6 Å². The number of hydrogen-bond donors (Lipinski definition) is 0. The average molecular weight is 694 g/mol. The maximum absolute atomic E-state index is 14.7. The van der Waals surface area contributed by atoms with Gasteiger partial charge in [-0.2, -0.15) is 14.9 Å². The number of hydrogen-bond acceptors (Lipinski definition) is 12. The molecule has 0 saturated heterocycles. The third-order valence-corrected chi connectivity index (χ3v) is 7.32. The Morgan fingerprint density at radius 1 is 0.706 bits per heavy atom. The van der Waals surface area contributed by atoms with E-state index >= 15 is 0 Å². The number of nitriles is 3. The van der Waals surface area contributed by atoms with E-state index in [9.17, 15) is 46.5 Å². The largest absolute Gasteiger partial charge is 0.430 e. The van der Waals surface area contributed by atoms with Gasteiger partial charge in [0.2, 0.25) is 17.5 Å². The van der Waals surface area contributed by atoms with Gasteiger partial charge in [-0.25, -0.2) is 76.4 Å². The molecule has 0 spiro atoms. The zero-order valence-electron chi connectivity index (χ0n) is 24.6. The molecule has 0 unspecified atom stereocenters. The van der Waals surface area contributed by atoms with Crippen molar-refractivity contribution in [3.8, 4) is 41.3 Å². The van der Waals surface area contributed by atoms with Gasteiger partial charge in [0, 0.05) is 11.1 Å². The van der Waals surface area contributed by atoms with Crippen molar-refractivity contribution in [3.05, 3.63) is 120 Å². The lowest BCUT2D eigenvalue weighted by Crippen LogP contribution is -2.31. The summed E-state index contributed by atoms with van der Waals surface area (Å²) in [5, 5.41) is 28.3. The fourth-order valence-electron chi connectivity index (χ4n) is 4.91. The monoisotopic (exact) mass is 694 g/mol. The van der Waals surface area contributed by atoms with E-state index in [4.69, 9.17) is 11.0 Å². The molecule has 0 N–H and O–H groups in total. The minimum Gasteiger partial charge on any atom is -0.430 e. The van der Waals surface area contributed by atoms with E-state index in [-0.39, 0.29) is 27.7 Å². The van der Waals surface area contributed by atoms with Crippen molar-refractivity contribution in [2.45, 2.75) is 6.92 Å². The summed E-state index contributed by atoms with van der Waals surface area (Å²) in [6.07, 6.45) is 0. The summed E-state index contributed by atoms with van der Waals surface area (Å²) < 4.78 is 105. The molecular weight excluding hydrogens is 689 g/mol. The third-order valence-electron chi connectivity index (χ3n) is 7.32. The molecular formula is C31H5F7N12O. The van der Waals surface area contributed by atoms with E-state index in [2.05, 4.69) is 44.8 Å². The molecule has 2 aliphatic rings. The van der Waals surface area contributed by atoms with Crippen LogP contribution in [-0.2, 0) is 0 Å². The number of nitrogens with zero attached hydrogens (tertiary/aromatic N) is 12. The Labute approximate surface area is 275 Å². The first-order valence-corrected chi connectivity index (χ1v) is 13.6. The van der Waals surface area contributed by atoms with Crippen LogP contribution < -0.4 is 21.4 Å². The number of rotatable bonds is 3. The highest BCUT2D eigenvalue weighted by Gasteiger charge is 2.29. The predicted octanol–water partition coefficient (Wildman–Crippen LogP) is 3.51. The number of benzene rings is 3. The zero-order valence-corrected chi connectivity index (χ0v) is 24.6. The second-order valence-corrected chi connectivity index (χ2v) is 10.1. The molecule has 20 heteroatoms. The standard InChI is InChI=1S/C31H5F7N12O/c1-8-14(32)15(33)18(36)23-21(8)44-27(46-23)11(6-40)28-48-26(9-3-4-12-22(10(9)5-39)45-29(43-12)13(7-41)42-2)49-30(50-28)31-47-24-19(37)16(34)17(35)20(38)25(24)51-31/h3-4H,1H3/b27-11-,29-13+. The Morgan fingerprint density at radius 3 is 2.06 bits per heavy atom. The lowest BCUT2D eigenvalue weighted by Gasteiger charge is -2.07. The van der Waals surface area contributed by atoms with E-state index in [0.29, 0.717) is 0 Å². The molecule has 0 fully saturated rings. The highest BCUT2D eigenvalue weighted by atomic mass is 19.2. The second-order valence-electron chi connectivity index (χ2n) is 10.1. The fraction of sp³-hybridized carbons (Fsp3) is 0.0323. The van der Waals surface area contributed by atoms with E-state index in [1.165, 1.54) is 12.1 Å². The van der Waals surface area contributed by atoms with Crippen LogP contribution in [0.4, 0.5) is 30.7 Å². The van der Waals surface area contributed by atoms with Crippen molar-refractivity contribution in [2.24, 2.45) is 20.0 Å². The van der Waals surface area contributed by atoms with Crippen molar-refractivity contribution in [3.63, 3.8) is 0 Å². The van der Waals surface area contributed by atoms with Crippen LogP contribution in [0.15, 0.2) is 53.9 Å². The van der Waals surface area contributed by atoms with Gasteiger partial charge in [-0.1, -0.05) is 0 Å². The molecule has 3 aromatic carbocycles. The summed E-state index contributed by atoms with van der Waals surface area (Å²) in [6, 6.07) is 7.71. The van der Waals surface area contributed by atoms with Gasteiger partial charge in [0.25, 0.3) is 5.89 Å².